The van der Waals surface area contributed by atoms with Gasteiger partial charge in [0.1, 0.15) is 16.4 Å². The fourth-order valence-electron chi connectivity index (χ4n) is 5.59. The number of ether oxygens (including phenoxy) is 1. The highest BCUT2D eigenvalue weighted by Gasteiger charge is 2.63. The number of aliphatic hydroxyl groups is 1. The fraction of sp³-hybridized carbons (Fsp3) is 0.583. The van der Waals surface area contributed by atoms with Gasteiger partial charge in [-0.3, -0.25) is 0 Å². The summed E-state index contributed by atoms with van der Waals surface area (Å²) in [7, 11) is 0. The molecule has 3 nitrogen and oxygen atoms in total. The minimum atomic E-state index is -0.803. The largest absolute Gasteiger partial charge is 0.458 e. The smallest absolute Gasteiger partial charge is 0.182 e. The molecule has 0 bridgehead atoms. The molecule has 2 heterocycles. The van der Waals surface area contributed by atoms with E-state index in [2.05, 4.69) is 61.2 Å². The molecule has 3 aliphatic rings. The van der Waals surface area contributed by atoms with Crippen molar-refractivity contribution in [3.63, 3.8) is 0 Å². The molecule has 1 fully saturated rings. The van der Waals surface area contributed by atoms with E-state index in [9.17, 15) is 5.11 Å². The molecule has 0 radical (unpaired) electrons. The van der Waals surface area contributed by atoms with Gasteiger partial charge in [-0.1, -0.05) is 68.0 Å². The summed E-state index contributed by atoms with van der Waals surface area (Å²) in [6.07, 6.45) is 13.1. The van der Waals surface area contributed by atoms with Crippen molar-refractivity contribution in [2.75, 3.05) is 0 Å². The van der Waals surface area contributed by atoms with Gasteiger partial charge in [0.15, 0.2) is 6.29 Å². The molecule has 1 aromatic heterocycles. The Kier molecular flexibility index (Phi) is 5.92. The maximum absolute atomic E-state index is 10.7. The third-order valence-corrected chi connectivity index (χ3v) is 7.55. The van der Waals surface area contributed by atoms with Crippen molar-refractivity contribution < 1.29 is 14.3 Å². The Morgan fingerprint density at radius 3 is 2.89 bits per heavy atom. The van der Waals surface area contributed by atoms with Crippen LogP contribution in [0.5, 0.6) is 0 Å². The average Bonchev–Trinajstić information content (AvgIpc) is 3.19. The van der Waals surface area contributed by atoms with E-state index in [1.54, 1.807) is 0 Å². The van der Waals surface area contributed by atoms with Crippen molar-refractivity contribution in [1.29, 1.82) is 0 Å². The number of hydrogen-bond acceptors (Lipinski definition) is 3. The predicted octanol–water partition coefficient (Wildman–Crippen LogP) is 4.84. The van der Waals surface area contributed by atoms with E-state index in [1.165, 1.54) is 16.7 Å². The Bertz CT molecular complexity index is 909. The normalized spacial score (nSPS) is 32.3. The summed E-state index contributed by atoms with van der Waals surface area (Å²) in [6, 6.07) is 0. The van der Waals surface area contributed by atoms with Crippen LogP contribution in [-0.4, -0.2) is 17.0 Å². The molecule has 28 heavy (non-hydrogen) atoms. The molecule has 1 N–H and O–H groups in total. The van der Waals surface area contributed by atoms with Crippen LogP contribution >= 0.6 is 22.6 Å². The zero-order valence-corrected chi connectivity index (χ0v) is 19.1. The van der Waals surface area contributed by atoms with Crippen LogP contribution in [0.3, 0.4) is 0 Å². The quantitative estimate of drug-likeness (QED) is 0.455. The summed E-state index contributed by atoms with van der Waals surface area (Å²) in [5.74, 6) is 0.679. The van der Waals surface area contributed by atoms with Crippen molar-refractivity contribution >= 4 is 35.2 Å². The second-order valence-corrected chi connectivity index (χ2v) is 9.08. The molecule has 1 spiro atoms. The van der Waals surface area contributed by atoms with Gasteiger partial charge in [-0.15, -0.1) is 0 Å². The van der Waals surface area contributed by atoms with Crippen LogP contribution in [-0.2, 0) is 9.16 Å². The van der Waals surface area contributed by atoms with E-state index in [-0.39, 0.29) is 11.5 Å². The molecule has 4 rings (SSSR count). The Morgan fingerprint density at radius 1 is 1.36 bits per heavy atom. The molecule has 4 heteroatoms. The molecule has 0 saturated heterocycles. The van der Waals surface area contributed by atoms with Crippen LogP contribution in [0.1, 0.15) is 75.8 Å². The van der Waals surface area contributed by atoms with Gasteiger partial charge in [-0.25, -0.2) is 0 Å². The Balaban J connectivity index is 1.84. The standard InChI is InChI=1S/C24H31IO3/c1-4-6-12-21-18(14-25)22(15(3)27-21)20-13-16(9-5-2)24(20)19-11-8-7-10-17(19)23(26)28-24/h7,10,12,16,20,23,26H,3-6,8-9,11,13-14H2,1-2H3/b21-12-/t16-,20?,23-,24?/m1/s1. The molecule has 0 aromatic carbocycles. The lowest BCUT2D eigenvalue weighted by Gasteiger charge is -2.55. The van der Waals surface area contributed by atoms with Crippen LogP contribution in [0, 0.1) is 5.92 Å². The summed E-state index contributed by atoms with van der Waals surface area (Å²) in [5.41, 5.74) is 6.23. The fourth-order valence-corrected chi connectivity index (χ4v) is 6.38. The van der Waals surface area contributed by atoms with Crippen LogP contribution in [0.15, 0.2) is 27.7 Å². The van der Waals surface area contributed by atoms with Crippen LogP contribution in [0.4, 0.5) is 0 Å². The van der Waals surface area contributed by atoms with Crippen molar-refractivity contribution in [2.45, 2.75) is 81.0 Å². The van der Waals surface area contributed by atoms with Gasteiger partial charge < -0.3 is 14.3 Å². The number of allylic oxidation sites excluding steroid dienone is 1. The average molecular weight is 494 g/mol. The highest BCUT2D eigenvalue weighted by atomic mass is 127. The zero-order valence-electron chi connectivity index (χ0n) is 17.0. The number of furan rings is 1. The number of halogens is 1. The monoisotopic (exact) mass is 494 g/mol. The number of alkyl halides is 1. The maximum Gasteiger partial charge on any atom is 0.182 e. The Hall–Kier alpha value is -0.850. The lowest BCUT2D eigenvalue weighted by molar-refractivity contribution is -0.200. The molecular weight excluding hydrogens is 463 g/mol. The minimum Gasteiger partial charge on any atom is -0.458 e. The number of aliphatic hydroxyl groups excluding tert-OH is 1. The SMILES string of the molecule is C=c1o/c(=C\CCC)c(CI)c1C1C[C@@H](CCC)C12O[C@@H](O)C1=C2CCC=C1. The molecule has 4 atom stereocenters. The van der Waals surface area contributed by atoms with E-state index in [0.29, 0.717) is 5.92 Å². The first kappa shape index (κ1) is 20.4. The number of hydrogen-bond donors (Lipinski definition) is 1. The molecule has 2 unspecified atom stereocenters. The predicted molar refractivity (Wildman–Crippen MR) is 122 cm³/mol. The van der Waals surface area contributed by atoms with Gasteiger partial charge in [0.05, 0.1) is 0 Å². The van der Waals surface area contributed by atoms with Crippen molar-refractivity contribution in [2.24, 2.45) is 5.92 Å². The summed E-state index contributed by atoms with van der Waals surface area (Å²) < 4.78 is 13.5. The first-order chi connectivity index (χ1) is 13.6. The first-order valence-electron chi connectivity index (χ1n) is 10.7. The van der Waals surface area contributed by atoms with Gasteiger partial charge >= 0.3 is 0 Å². The summed E-state index contributed by atoms with van der Waals surface area (Å²) in [5, 5.41) is 10.7. The van der Waals surface area contributed by atoms with Crippen LogP contribution in [0.25, 0.3) is 12.7 Å². The van der Waals surface area contributed by atoms with E-state index >= 15 is 0 Å². The first-order valence-corrected chi connectivity index (χ1v) is 12.2. The second kappa shape index (κ2) is 8.11. The topological polar surface area (TPSA) is 42.6 Å². The van der Waals surface area contributed by atoms with Crippen molar-refractivity contribution in [1.82, 2.24) is 0 Å². The Morgan fingerprint density at radius 2 is 2.18 bits per heavy atom. The Labute approximate surface area is 181 Å². The van der Waals surface area contributed by atoms with Gasteiger partial charge in [-0.05, 0) is 49.7 Å². The molecule has 0 amide bonds. The van der Waals surface area contributed by atoms with Crippen LogP contribution < -0.4 is 10.8 Å². The molecule has 1 aromatic rings. The third kappa shape index (κ3) is 2.98. The lowest BCUT2D eigenvalue weighted by Crippen LogP contribution is -2.57. The molecule has 1 saturated carbocycles. The van der Waals surface area contributed by atoms with E-state index in [0.717, 1.165) is 65.8 Å². The molecule has 1 aliphatic heterocycles. The van der Waals surface area contributed by atoms with Crippen LogP contribution in [0.2, 0.25) is 0 Å². The molecular formula is C24H31IO3. The highest BCUT2D eigenvalue weighted by Crippen LogP contribution is 2.63. The molecule has 152 valence electrons. The van der Waals surface area contributed by atoms with Gasteiger partial charge in [-0.2, -0.15) is 0 Å². The number of fused-ring (bicyclic) bond motifs is 1. The minimum absolute atomic E-state index is 0.225. The lowest BCUT2D eigenvalue weighted by atomic mass is 9.53. The summed E-state index contributed by atoms with van der Waals surface area (Å²) in [4.78, 5) is 0. The van der Waals surface area contributed by atoms with Gasteiger partial charge in [0, 0.05) is 27.0 Å². The zero-order chi connectivity index (χ0) is 19.9. The van der Waals surface area contributed by atoms with E-state index in [4.69, 9.17) is 9.15 Å². The number of unbranched alkanes of at least 4 members (excludes halogenated alkanes) is 1. The molecule has 2 aliphatic carbocycles. The maximum atomic E-state index is 10.7. The van der Waals surface area contributed by atoms with Crippen molar-refractivity contribution in [3.8, 4) is 0 Å². The van der Waals surface area contributed by atoms with E-state index in [1.807, 2.05) is 0 Å². The highest BCUT2D eigenvalue weighted by molar-refractivity contribution is 14.1. The van der Waals surface area contributed by atoms with Gasteiger partial charge in [0.2, 0.25) is 0 Å². The number of rotatable bonds is 6. The third-order valence-electron chi connectivity index (χ3n) is 6.79. The van der Waals surface area contributed by atoms with Gasteiger partial charge in [0.25, 0.3) is 0 Å². The summed E-state index contributed by atoms with van der Waals surface area (Å²) >= 11 is 2.44. The second-order valence-electron chi connectivity index (χ2n) is 8.32. The van der Waals surface area contributed by atoms with E-state index < -0.39 is 6.29 Å². The van der Waals surface area contributed by atoms with Crippen molar-refractivity contribution in [3.05, 3.63) is 45.3 Å². The summed E-state index contributed by atoms with van der Waals surface area (Å²) in [6.45, 7) is 8.69.